The van der Waals surface area contributed by atoms with Crippen molar-refractivity contribution in [2.24, 2.45) is 0 Å². The first-order valence-corrected chi connectivity index (χ1v) is 19.2. The summed E-state index contributed by atoms with van der Waals surface area (Å²) in [5.41, 5.74) is -4.17. The standard InChI is InChI=1S/C43H25BF15P/c1-19-11-5-8-14-23(19)60(24-15-9-6-12-20(24)2,25-16-10-7-13-21(25)3)22(4)17-18-44(26-29(45)35(51)41(57)36(52)30(26)46,27-31(47)37(53)42(58)38(54)32(27)48)28-33(49)39(55)43(59)40(56)34(28)50/h5-16,18H,1-4H3. The summed E-state index contributed by atoms with van der Waals surface area (Å²) in [6.07, 6.45) is -5.99. The Morgan fingerprint density at radius 1 is 0.383 bits per heavy atom. The minimum Gasteiger partial charge on any atom is -0.207 e. The van der Waals surface area contributed by atoms with Crippen molar-refractivity contribution < 1.29 is 65.9 Å². The zero-order chi connectivity index (χ0) is 44.3. The summed E-state index contributed by atoms with van der Waals surface area (Å²) >= 11 is 0. The van der Waals surface area contributed by atoms with Gasteiger partial charge in [-0.05, 0) is 55.7 Å². The van der Waals surface area contributed by atoms with E-state index in [1.54, 1.807) is 93.6 Å². The van der Waals surface area contributed by atoms with E-state index in [2.05, 4.69) is 5.73 Å². The Labute approximate surface area is 332 Å². The first kappa shape index (κ1) is 43.9. The zero-order valence-corrected chi connectivity index (χ0v) is 32.1. The van der Waals surface area contributed by atoms with Gasteiger partial charge in [0.05, 0.1) is 0 Å². The predicted octanol–water partition coefficient (Wildman–Crippen LogP) is 9.76. The fraction of sp³-hybridized carbons (Fsp3) is 0.0930. The van der Waals surface area contributed by atoms with Crippen LogP contribution in [-0.2, 0) is 0 Å². The van der Waals surface area contributed by atoms with E-state index in [0.29, 0.717) is 32.6 Å². The van der Waals surface area contributed by atoms with Crippen molar-refractivity contribution in [1.82, 2.24) is 0 Å². The minimum atomic E-state index is -5.99. The van der Waals surface area contributed by atoms with E-state index in [1.165, 1.54) is 6.92 Å². The summed E-state index contributed by atoms with van der Waals surface area (Å²) in [5.74, 6) is -46.1. The van der Waals surface area contributed by atoms with Crippen LogP contribution in [0.2, 0.25) is 0 Å². The Balaban J connectivity index is 2.05. The second kappa shape index (κ2) is 16.0. The summed E-state index contributed by atoms with van der Waals surface area (Å²) in [6, 6.07) is 19.6. The lowest BCUT2D eigenvalue weighted by atomic mass is 9.15. The molecule has 6 aromatic rings. The molecule has 0 aliphatic carbocycles. The van der Waals surface area contributed by atoms with Gasteiger partial charge in [-0.25, -0.2) is 65.9 Å². The van der Waals surface area contributed by atoms with Crippen molar-refractivity contribution in [3.8, 4) is 0 Å². The lowest BCUT2D eigenvalue weighted by molar-refractivity contribution is 0.380. The molecule has 0 saturated carbocycles. The summed E-state index contributed by atoms with van der Waals surface area (Å²) in [4.78, 5) is 0. The highest BCUT2D eigenvalue weighted by molar-refractivity contribution is 7.99. The van der Waals surface area contributed by atoms with Crippen molar-refractivity contribution in [2.45, 2.75) is 27.7 Å². The molecule has 0 spiro atoms. The van der Waals surface area contributed by atoms with Gasteiger partial charge in [0.2, 0.25) is 0 Å². The van der Waals surface area contributed by atoms with Gasteiger partial charge >= 0.3 is 0 Å². The maximum Gasteiger partial charge on any atom is 0.200 e. The first-order valence-electron chi connectivity index (χ1n) is 17.4. The fourth-order valence-corrected chi connectivity index (χ4v) is 12.7. The van der Waals surface area contributed by atoms with E-state index in [1.807, 2.05) is 0 Å². The van der Waals surface area contributed by atoms with Crippen LogP contribution in [0, 0.1) is 108 Å². The Hall–Kier alpha value is -5.72. The van der Waals surface area contributed by atoms with Gasteiger partial charge in [0.15, 0.2) is 52.4 Å². The number of rotatable bonds is 8. The van der Waals surface area contributed by atoms with Gasteiger partial charge < -0.3 is 0 Å². The highest BCUT2D eigenvalue weighted by Crippen LogP contribution is 2.63. The van der Waals surface area contributed by atoms with E-state index in [9.17, 15) is 13.2 Å². The molecule has 310 valence electrons. The lowest BCUT2D eigenvalue weighted by Crippen LogP contribution is -2.72. The van der Waals surface area contributed by atoms with Crippen molar-refractivity contribution in [1.29, 1.82) is 0 Å². The molecule has 0 unspecified atom stereocenters. The van der Waals surface area contributed by atoms with Crippen molar-refractivity contribution in [3.05, 3.63) is 194 Å². The normalized spacial score (nSPS) is 11.8. The van der Waals surface area contributed by atoms with Gasteiger partial charge in [-0.15, -0.1) is 22.1 Å². The number of hydrogen-bond acceptors (Lipinski definition) is 0. The molecule has 17 heteroatoms. The molecule has 0 aromatic heterocycles. The predicted molar refractivity (Wildman–Crippen MR) is 200 cm³/mol. The molecule has 0 atom stereocenters. The Morgan fingerprint density at radius 2 is 0.600 bits per heavy atom. The quantitative estimate of drug-likeness (QED) is 0.0357. The van der Waals surface area contributed by atoms with E-state index < -0.39 is 117 Å². The molecule has 6 aromatic carbocycles. The van der Waals surface area contributed by atoms with Crippen LogP contribution < -0.4 is 32.3 Å². The highest BCUT2D eigenvalue weighted by Gasteiger charge is 2.52. The summed E-state index contributed by atoms with van der Waals surface area (Å²) in [7, 11) is -3.67. The molecule has 60 heavy (non-hydrogen) atoms. The second-order valence-electron chi connectivity index (χ2n) is 13.8. The van der Waals surface area contributed by atoms with E-state index in [4.69, 9.17) is 0 Å². The first-order chi connectivity index (χ1) is 28.2. The molecular weight excluding hydrogens is 843 g/mol. The van der Waals surface area contributed by atoms with Crippen LogP contribution in [-0.4, -0.2) is 6.15 Å². The average Bonchev–Trinajstić information content (AvgIpc) is 3.23. The Kier molecular flexibility index (Phi) is 11.7. The van der Waals surface area contributed by atoms with Gasteiger partial charge in [-0.3, -0.25) is 0 Å². The Bertz CT molecular complexity index is 2460. The summed E-state index contributed by atoms with van der Waals surface area (Å²) < 4.78 is 233. The molecule has 0 aliphatic rings. The zero-order valence-electron chi connectivity index (χ0n) is 31.2. The molecule has 0 nitrogen and oxygen atoms in total. The van der Waals surface area contributed by atoms with E-state index in [0.717, 1.165) is 0 Å². The summed E-state index contributed by atoms with van der Waals surface area (Å²) in [5, 5.41) is 1.14. The molecule has 0 saturated heterocycles. The molecule has 0 N–H and O–H groups in total. The lowest BCUT2D eigenvalue weighted by Gasteiger charge is -2.41. The smallest absolute Gasteiger partial charge is 0.200 e. The number of allylic oxidation sites excluding steroid dienone is 1. The van der Waals surface area contributed by atoms with Gasteiger partial charge in [0.1, 0.15) is 69.5 Å². The molecule has 0 fully saturated rings. The maximum atomic E-state index is 16.3. The molecule has 6 rings (SSSR count). The van der Waals surface area contributed by atoms with Crippen LogP contribution in [0.15, 0.2) is 89.8 Å². The molecule has 0 amide bonds. The molecule has 0 aliphatic heterocycles. The monoisotopic (exact) mass is 868 g/mol. The molecule has 0 bridgehead atoms. The van der Waals surface area contributed by atoms with Crippen molar-refractivity contribution in [2.75, 3.05) is 0 Å². The number of halogens is 15. The van der Waals surface area contributed by atoms with Crippen molar-refractivity contribution >= 4 is 45.7 Å². The second-order valence-corrected chi connectivity index (χ2v) is 17.3. The van der Waals surface area contributed by atoms with Gasteiger partial charge in [0.25, 0.3) is 0 Å². The van der Waals surface area contributed by atoms with Gasteiger partial charge in [0, 0.05) is 6.92 Å². The maximum absolute atomic E-state index is 16.3. The van der Waals surface area contributed by atoms with Crippen LogP contribution in [0.25, 0.3) is 0 Å². The third kappa shape index (κ3) is 6.34. The largest absolute Gasteiger partial charge is 0.207 e. The Morgan fingerprint density at radius 3 is 0.833 bits per heavy atom. The highest BCUT2D eigenvalue weighted by atomic mass is 31.2. The number of aryl methyl sites for hydroxylation is 3. The third-order valence-electron chi connectivity index (χ3n) is 10.6. The van der Waals surface area contributed by atoms with Crippen LogP contribution in [0.3, 0.4) is 0 Å². The number of benzene rings is 6. The average molecular weight is 868 g/mol. The van der Waals surface area contributed by atoms with E-state index in [-0.39, 0.29) is 11.3 Å². The fourth-order valence-electron chi connectivity index (χ4n) is 7.84. The SMILES string of the molecule is CC(=C=C[B-](c1c(F)c(F)c(F)c(F)c1F)(c1c(F)c(F)c(F)c(F)c1F)c1c(F)c(F)c(F)c(F)c1F)[P+](c1ccccc1C)(c1ccccc1C)c1ccccc1C. The minimum absolute atomic E-state index is 0.159. The van der Waals surface area contributed by atoms with Crippen LogP contribution in [0.5, 0.6) is 0 Å². The van der Waals surface area contributed by atoms with Crippen LogP contribution in [0.1, 0.15) is 23.6 Å². The number of hydrogen-bond donors (Lipinski definition) is 0. The van der Waals surface area contributed by atoms with E-state index >= 15 is 52.7 Å². The third-order valence-corrected chi connectivity index (χ3v) is 15.4. The van der Waals surface area contributed by atoms with Crippen LogP contribution >= 0.6 is 7.26 Å². The van der Waals surface area contributed by atoms with Gasteiger partial charge in [-0.1, -0.05) is 54.6 Å². The summed E-state index contributed by atoms with van der Waals surface area (Å²) in [6.45, 7) is 6.20. The molecule has 0 heterocycles. The molecule has 0 radical (unpaired) electrons. The topological polar surface area (TPSA) is 0 Å². The van der Waals surface area contributed by atoms with Crippen molar-refractivity contribution in [3.63, 3.8) is 0 Å². The van der Waals surface area contributed by atoms with Gasteiger partial charge in [-0.2, -0.15) is 5.98 Å². The van der Waals surface area contributed by atoms with Crippen LogP contribution in [0.4, 0.5) is 65.9 Å². The molecular formula is C43H25BF15P.